The van der Waals surface area contributed by atoms with Crippen LogP contribution in [0, 0.1) is 17.6 Å². The number of hydrogen-bond donors (Lipinski definition) is 1. The number of Topliss-reactive ketones (excluding diaryl/α,β-unsaturated/α-hetero) is 1. The van der Waals surface area contributed by atoms with Gasteiger partial charge >= 0.3 is 0 Å². The molecule has 136 valence electrons. The summed E-state index contributed by atoms with van der Waals surface area (Å²) in [5, 5.41) is 2.73. The van der Waals surface area contributed by atoms with Gasteiger partial charge in [0.15, 0.2) is 0 Å². The van der Waals surface area contributed by atoms with Gasteiger partial charge in [-0.05, 0) is 23.6 Å². The summed E-state index contributed by atoms with van der Waals surface area (Å²) in [6, 6.07) is 11.7. The zero-order chi connectivity index (χ0) is 18.8. The van der Waals surface area contributed by atoms with E-state index in [-0.39, 0.29) is 29.6 Å². The van der Waals surface area contributed by atoms with E-state index in [1.165, 1.54) is 12.1 Å². The van der Waals surface area contributed by atoms with Crippen LogP contribution in [0.3, 0.4) is 0 Å². The minimum atomic E-state index is -0.832. The molecule has 3 rings (SSSR count). The van der Waals surface area contributed by atoms with E-state index in [1.54, 1.807) is 6.92 Å². The molecule has 1 heterocycles. The van der Waals surface area contributed by atoms with Gasteiger partial charge in [0.2, 0.25) is 5.91 Å². The summed E-state index contributed by atoms with van der Waals surface area (Å²) in [6.45, 7) is 1.98. The highest BCUT2D eigenvalue weighted by molar-refractivity contribution is 9.10. The Morgan fingerprint density at radius 2 is 1.85 bits per heavy atom. The first-order chi connectivity index (χ1) is 12.4. The van der Waals surface area contributed by atoms with Gasteiger partial charge in [0.05, 0.1) is 0 Å². The topological polar surface area (TPSA) is 46.2 Å². The van der Waals surface area contributed by atoms with Gasteiger partial charge in [-0.15, -0.1) is 0 Å². The van der Waals surface area contributed by atoms with Gasteiger partial charge in [0, 0.05) is 28.9 Å². The highest BCUT2D eigenvalue weighted by Gasteiger charge is 2.41. The van der Waals surface area contributed by atoms with Crippen LogP contribution in [-0.4, -0.2) is 18.2 Å². The molecule has 3 nitrogen and oxygen atoms in total. The first kappa shape index (κ1) is 18.7. The maximum absolute atomic E-state index is 14.1. The van der Waals surface area contributed by atoms with Crippen LogP contribution in [-0.2, 0) is 9.59 Å². The quantitative estimate of drug-likeness (QED) is 0.730. The zero-order valence-corrected chi connectivity index (χ0v) is 15.7. The van der Waals surface area contributed by atoms with Crippen molar-refractivity contribution in [3.8, 4) is 0 Å². The van der Waals surface area contributed by atoms with E-state index in [2.05, 4.69) is 21.2 Å². The van der Waals surface area contributed by atoms with Crippen molar-refractivity contribution in [2.45, 2.75) is 25.2 Å². The summed E-state index contributed by atoms with van der Waals surface area (Å²) in [6.07, 6.45) is -0.100. The van der Waals surface area contributed by atoms with Gasteiger partial charge in [0.1, 0.15) is 23.3 Å². The summed E-state index contributed by atoms with van der Waals surface area (Å²) in [7, 11) is 0. The van der Waals surface area contributed by atoms with Gasteiger partial charge in [-0.25, -0.2) is 8.78 Å². The largest absolute Gasteiger partial charge is 0.355 e. The van der Waals surface area contributed by atoms with Crippen LogP contribution in [0.25, 0.3) is 0 Å². The Morgan fingerprint density at radius 1 is 1.23 bits per heavy atom. The van der Waals surface area contributed by atoms with E-state index in [9.17, 15) is 18.4 Å². The van der Waals surface area contributed by atoms with Gasteiger partial charge < -0.3 is 5.32 Å². The summed E-state index contributed by atoms with van der Waals surface area (Å²) >= 11 is 3.04. The smallest absolute Gasteiger partial charge is 0.231 e. The van der Waals surface area contributed by atoms with Crippen molar-refractivity contribution in [1.82, 2.24) is 5.32 Å². The molecule has 1 saturated heterocycles. The lowest BCUT2D eigenvalue weighted by Crippen LogP contribution is -2.28. The lowest BCUT2D eigenvalue weighted by molar-refractivity contribution is -0.132. The third-order valence-corrected chi connectivity index (χ3v) is 5.26. The fourth-order valence-electron chi connectivity index (χ4n) is 3.56. The fourth-order valence-corrected chi connectivity index (χ4v) is 3.96. The van der Waals surface area contributed by atoms with Gasteiger partial charge in [-0.3, -0.25) is 9.59 Å². The second-order valence-electron chi connectivity index (χ2n) is 6.59. The first-order valence-corrected chi connectivity index (χ1v) is 9.17. The lowest BCUT2D eigenvalue weighted by atomic mass is 9.82. The van der Waals surface area contributed by atoms with Crippen molar-refractivity contribution in [2.24, 2.45) is 5.92 Å². The number of carbonyl (C=O) groups excluding carboxylic acids is 2. The summed E-state index contributed by atoms with van der Waals surface area (Å²) in [5.41, 5.74) is 0.772. The van der Waals surface area contributed by atoms with E-state index < -0.39 is 23.5 Å². The van der Waals surface area contributed by atoms with E-state index in [0.29, 0.717) is 11.0 Å². The molecule has 0 aliphatic carbocycles. The minimum Gasteiger partial charge on any atom is -0.355 e. The Bertz CT molecular complexity index is 818. The molecule has 0 saturated carbocycles. The Kier molecular flexibility index (Phi) is 5.51. The zero-order valence-electron chi connectivity index (χ0n) is 14.1. The molecule has 6 heteroatoms. The number of ketones is 1. The van der Waals surface area contributed by atoms with Crippen LogP contribution in [0.15, 0.2) is 46.9 Å². The SMILES string of the molecule is C[C@@H](CC(=O)[C@H]1C(=O)NCC1c1ccccc1)c1c(F)cc(Br)cc1F. The molecule has 2 aromatic rings. The third-order valence-electron chi connectivity index (χ3n) is 4.80. The predicted molar refractivity (Wildman–Crippen MR) is 97.8 cm³/mol. The molecule has 0 bridgehead atoms. The van der Waals surface area contributed by atoms with Gasteiger partial charge in [-0.1, -0.05) is 53.2 Å². The number of rotatable bonds is 5. The van der Waals surface area contributed by atoms with Crippen LogP contribution < -0.4 is 5.32 Å². The Labute approximate surface area is 158 Å². The second kappa shape index (κ2) is 7.66. The molecule has 1 fully saturated rings. The molecule has 0 radical (unpaired) electrons. The van der Waals surface area contributed by atoms with Gasteiger partial charge in [-0.2, -0.15) is 0 Å². The molecule has 26 heavy (non-hydrogen) atoms. The Hall–Kier alpha value is -2.08. The second-order valence-corrected chi connectivity index (χ2v) is 7.51. The number of amides is 1. The summed E-state index contributed by atoms with van der Waals surface area (Å²) in [5.74, 6) is -3.79. The average molecular weight is 422 g/mol. The molecule has 0 aromatic heterocycles. The number of nitrogens with one attached hydrogen (secondary N) is 1. The van der Waals surface area contributed by atoms with E-state index in [4.69, 9.17) is 0 Å². The van der Waals surface area contributed by atoms with Crippen molar-refractivity contribution in [3.05, 3.63) is 69.7 Å². The lowest BCUT2D eigenvalue weighted by Gasteiger charge is -2.19. The Morgan fingerprint density at radius 3 is 2.46 bits per heavy atom. The summed E-state index contributed by atoms with van der Waals surface area (Å²) in [4.78, 5) is 25.0. The molecule has 1 N–H and O–H groups in total. The maximum Gasteiger partial charge on any atom is 0.231 e. The van der Waals surface area contributed by atoms with Crippen molar-refractivity contribution >= 4 is 27.6 Å². The van der Waals surface area contributed by atoms with Crippen LogP contribution in [0.4, 0.5) is 8.78 Å². The highest BCUT2D eigenvalue weighted by atomic mass is 79.9. The maximum atomic E-state index is 14.1. The molecular formula is C20H18BrF2NO2. The normalized spacial score (nSPS) is 20.7. The van der Waals surface area contributed by atoms with E-state index >= 15 is 0 Å². The standard InChI is InChI=1S/C20H18BrF2NO2/c1-11(18-15(22)8-13(21)9-16(18)23)7-17(25)19-14(10-24-20(19)26)12-5-3-2-4-6-12/h2-6,8-9,11,14,19H,7,10H2,1H3,(H,24,26)/t11-,14?,19-/m0/s1. The summed E-state index contributed by atoms with van der Waals surface area (Å²) < 4.78 is 28.6. The number of carbonyl (C=O) groups is 2. The van der Waals surface area contributed by atoms with Crippen LogP contribution in [0.2, 0.25) is 0 Å². The van der Waals surface area contributed by atoms with Crippen LogP contribution in [0.5, 0.6) is 0 Å². The van der Waals surface area contributed by atoms with Crippen LogP contribution in [0.1, 0.15) is 36.3 Å². The number of hydrogen-bond acceptors (Lipinski definition) is 2. The molecular weight excluding hydrogens is 404 g/mol. The monoisotopic (exact) mass is 421 g/mol. The van der Waals surface area contributed by atoms with Crippen molar-refractivity contribution in [3.63, 3.8) is 0 Å². The predicted octanol–water partition coefficient (Wildman–Crippen LogP) is 4.32. The third kappa shape index (κ3) is 3.70. The number of halogens is 3. The van der Waals surface area contributed by atoms with E-state index in [1.807, 2.05) is 30.3 Å². The van der Waals surface area contributed by atoms with Gasteiger partial charge in [0.25, 0.3) is 0 Å². The van der Waals surface area contributed by atoms with Crippen LogP contribution >= 0.6 is 15.9 Å². The molecule has 1 amide bonds. The van der Waals surface area contributed by atoms with Crippen molar-refractivity contribution in [1.29, 1.82) is 0 Å². The van der Waals surface area contributed by atoms with Crippen molar-refractivity contribution < 1.29 is 18.4 Å². The molecule has 2 aromatic carbocycles. The highest BCUT2D eigenvalue weighted by Crippen LogP contribution is 2.34. The number of benzene rings is 2. The Balaban J connectivity index is 1.81. The van der Waals surface area contributed by atoms with Crippen molar-refractivity contribution in [2.75, 3.05) is 6.54 Å². The minimum absolute atomic E-state index is 0.100. The molecule has 1 aliphatic heterocycles. The van der Waals surface area contributed by atoms with E-state index in [0.717, 1.165) is 5.56 Å². The fraction of sp³-hybridized carbons (Fsp3) is 0.300. The average Bonchev–Trinajstić information content (AvgIpc) is 2.96. The molecule has 0 spiro atoms. The molecule has 1 aliphatic rings. The molecule has 3 atom stereocenters. The molecule has 1 unspecified atom stereocenters. The first-order valence-electron chi connectivity index (χ1n) is 8.38.